The summed E-state index contributed by atoms with van der Waals surface area (Å²) >= 11 is 0. The lowest BCUT2D eigenvalue weighted by Gasteiger charge is -2.32. The highest BCUT2D eigenvalue weighted by molar-refractivity contribution is 5.78. The maximum atomic E-state index is 11.9. The number of piperazine rings is 1. The van der Waals surface area contributed by atoms with Gasteiger partial charge in [0.05, 0.1) is 0 Å². The molecule has 0 aliphatic carbocycles. The first-order chi connectivity index (χ1) is 9.17. The average Bonchev–Trinajstić information content (AvgIpc) is 2.42. The Hall–Kier alpha value is -0.610. The Labute approximate surface area is 118 Å². The highest BCUT2D eigenvalue weighted by atomic mass is 16.1. The van der Waals surface area contributed by atoms with Crippen LogP contribution in [-0.4, -0.2) is 62.0 Å². The van der Waals surface area contributed by atoms with Crippen molar-refractivity contribution in [1.29, 1.82) is 0 Å². The molecular formula is C15H31N3O. The molecular weight excluding hydrogens is 238 g/mol. The zero-order valence-electron chi connectivity index (χ0n) is 13.0. The second-order valence-electron chi connectivity index (χ2n) is 5.68. The Balaban J connectivity index is 2.08. The first-order valence-electron chi connectivity index (χ1n) is 7.86. The molecule has 0 spiro atoms. The summed E-state index contributed by atoms with van der Waals surface area (Å²) in [5.41, 5.74) is 0. The Bertz CT molecular complexity index is 250. The number of nitrogens with zero attached hydrogens (tertiary/aromatic N) is 2. The summed E-state index contributed by atoms with van der Waals surface area (Å²) in [6.45, 7) is 10.8. The molecule has 1 heterocycles. The zero-order chi connectivity index (χ0) is 14.1. The van der Waals surface area contributed by atoms with Crippen LogP contribution in [0, 0.1) is 5.92 Å². The molecule has 0 saturated carbocycles. The lowest BCUT2D eigenvalue weighted by atomic mass is 10.00. The molecule has 1 aliphatic rings. The minimum atomic E-state index is 0.216. The van der Waals surface area contributed by atoms with Crippen molar-refractivity contribution in [3.63, 3.8) is 0 Å². The SMILES string of the molecule is CCCC(CC)C(=O)NCCCN1CCN(C)CC1. The fraction of sp³-hybridized carbons (Fsp3) is 0.933. The molecule has 0 aromatic heterocycles. The van der Waals surface area contributed by atoms with E-state index in [1.54, 1.807) is 0 Å². The van der Waals surface area contributed by atoms with E-state index in [0.29, 0.717) is 0 Å². The van der Waals surface area contributed by atoms with Gasteiger partial charge in [-0.2, -0.15) is 0 Å². The molecule has 1 rings (SSSR count). The number of likely N-dealkylation sites (N-methyl/N-ethyl adjacent to an activating group) is 1. The Morgan fingerprint density at radius 2 is 1.89 bits per heavy atom. The van der Waals surface area contributed by atoms with Gasteiger partial charge < -0.3 is 15.1 Å². The number of nitrogens with one attached hydrogen (secondary N) is 1. The van der Waals surface area contributed by atoms with Gasteiger partial charge in [-0.15, -0.1) is 0 Å². The van der Waals surface area contributed by atoms with Crippen LogP contribution in [0.4, 0.5) is 0 Å². The van der Waals surface area contributed by atoms with Gasteiger partial charge in [0, 0.05) is 38.6 Å². The largest absolute Gasteiger partial charge is 0.356 e. The van der Waals surface area contributed by atoms with E-state index in [1.165, 1.54) is 13.1 Å². The summed E-state index contributed by atoms with van der Waals surface area (Å²) in [6, 6.07) is 0. The van der Waals surface area contributed by atoms with E-state index in [0.717, 1.165) is 51.9 Å². The number of hydrogen-bond donors (Lipinski definition) is 1. The lowest BCUT2D eigenvalue weighted by Crippen LogP contribution is -2.45. The summed E-state index contributed by atoms with van der Waals surface area (Å²) in [6.07, 6.45) is 4.13. The fourth-order valence-corrected chi connectivity index (χ4v) is 2.60. The fourth-order valence-electron chi connectivity index (χ4n) is 2.60. The maximum absolute atomic E-state index is 11.9. The molecule has 1 aliphatic heterocycles. The third-order valence-electron chi connectivity index (χ3n) is 4.05. The number of hydrogen-bond acceptors (Lipinski definition) is 3. The second kappa shape index (κ2) is 9.32. The van der Waals surface area contributed by atoms with Crippen LogP contribution in [0.5, 0.6) is 0 Å². The van der Waals surface area contributed by atoms with Crippen molar-refractivity contribution in [1.82, 2.24) is 15.1 Å². The summed E-state index contributed by atoms with van der Waals surface area (Å²) in [5.74, 6) is 0.469. The van der Waals surface area contributed by atoms with Crippen LogP contribution >= 0.6 is 0 Å². The molecule has 1 atom stereocenters. The monoisotopic (exact) mass is 269 g/mol. The number of carbonyl (C=O) groups is 1. The molecule has 4 heteroatoms. The first kappa shape index (κ1) is 16.4. The smallest absolute Gasteiger partial charge is 0.223 e. The van der Waals surface area contributed by atoms with Gasteiger partial charge in [-0.25, -0.2) is 0 Å². The van der Waals surface area contributed by atoms with Gasteiger partial charge in [0.2, 0.25) is 5.91 Å². The van der Waals surface area contributed by atoms with E-state index in [2.05, 4.69) is 36.0 Å². The molecule has 112 valence electrons. The highest BCUT2D eigenvalue weighted by Gasteiger charge is 2.15. The number of amides is 1. The Morgan fingerprint density at radius 1 is 1.21 bits per heavy atom. The highest BCUT2D eigenvalue weighted by Crippen LogP contribution is 2.10. The van der Waals surface area contributed by atoms with Crippen LogP contribution in [0.15, 0.2) is 0 Å². The Morgan fingerprint density at radius 3 is 2.47 bits per heavy atom. The van der Waals surface area contributed by atoms with Crippen molar-refractivity contribution in [3.8, 4) is 0 Å². The summed E-state index contributed by atoms with van der Waals surface area (Å²) in [5, 5.41) is 3.09. The van der Waals surface area contributed by atoms with Crippen LogP contribution in [0.25, 0.3) is 0 Å². The van der Waals surface area contributed by atoms with Crippen molar-refractivity contribution < 1.29 is 4.79 Å². The molecule has 0 radical (unpaired) electrons. The third kappa shape index (κ3) is 6.39. The second-order valence-corrected chi connectivity index (χ2v) is 5.68. The summed E-state index contributed by atoms with van der Waals surface area (Å²) in [7, 11) is 2.18. The van der Waals surface area contributed by atoms with Crippen molar-refractivity contribution in [2.24, 2.45) is 5.92 Å². The van der Waals surface area contributed by atoms with E-state index >= 15 is 0 Å². The van der Waals surface area contributed by atoms with Crippen molar-refractivity contribution >= 4 is 5.91 Å². The van der Waals surface area contributed by atoms with Gasteiger partial charge >= 0.3 is 0 Å². The van der Waals surface area contributed by atoms with Gasteiger partial charge in [-0.05, 0) is 32.9 Å². The van der Waals surface area contributed by atoms with Gasteiger partial charge in [-0.1, -0.05) is 20.3 Å². The van der Waals surface area contributed by atoms with Crippen molar-refractivity contribution in [3.05, 3.63) is 0 Å². The van der Waals surface area contributed by atoms with Crippen LogP contribution in [0.1, 0.15) is 39.5 Å². The van der Waals surface area contributed by atoms with Gasteiger partial charge in [-0.3, -0.25) is 4.79 Å². The van der Waals surface area contributed by atoms with Crippen LogP contribution in [-0.2, 0) is 4.79 Å². The molecule has 1 fully saturated rings. The van der Waals surface area contributed by atoms with E-state index in [-0.39, 0.29) is 11.8 Å². The first-order valence-corrected chi connectivity index (χ1v) is 7.86. The minimum Gasteiger partial charge on any atom is -0.356 e. The van der Waals surface area contributed by atoms with Crippen molar-refractivity contribution in [2.75, 3.05) is 46.3 Å². The van der Waals surface area contributed by atoms with Crippen molar-refractivity contribution in [2.45, 2.75) is 39.5 Å². The summed E-state index contributed by atoms with van der Waals surface area (Å²) in [4.78, 5) is 16.8. The molecule has 0 bridgehead atoms. The average molecular weight is 269 g/mol. The van der Waals surface area contributed by atoms with Crippen LogP contribution in [0.2, 0.25) is 0 Å². The van der Waals surface area contributed by atoms with Gasteiger partial charge in [0.25, 0.3) is 0 Å². The number of carbonyl (C=O) groups excluding carboxylic acids is 1. The van der Waals surface area contributed by atoms with E-state index < -0.39 is 0 Å². The van der Waals surface area contributed by atoms with E-state index in [4.69, 9.17) is 0 Å². The molecule has 19 heavy (non-hydrogen) atoms. The molecule has 1 N–H and O–H groups in total. The van der Waals surface area contributed by atoms with Crippen LogP contribution in [0.3, 0.4) is 0 Å². The number of rotatable bonds is 8. The molecule has 0 aromatic carbocycles. The normalized spacial score (nSPS) is 19.3. The van der Waals surface area contributed by atoms with Gasteiger partial charge in [0.1, 0.15) is 0 Å². The van der Waals surface area contributed by atoms with E-state index in [9.17, 15) is 4.79 Å². The standard InChI is InChI=1S/C15H31N3O/c1-4-7-14(5-2)15(19)16-8-6-9-18-12-10-17(3)11-13-18/h14H,4-13H2,1-3H3,(H,16,19). The molecule has 1 amide bonds. The van der Waals surface area contributed by atoms with Gasteiger partial charge in [0.15, 0.2) is 0 Å². The predicted octanol–water partition coefficient (Wildman–Crippen LogP) is 1.57. The topological polar surface area (TPSA) is 35.6 Å². The molecule has 1 unspecified atom stereocenters. The minimum absolute atomic E-state index is 0.216. The molecule has 4 nitrogen and oxygen atoms in total. The predicted molar refractivity (Wildman–Crippen MR) is 80.3 cm³/mol. The van der Waals surface area contributed by atoms with Crippen LogP contribution < -0.4 is 5.32 Å². The summed E-state index contributed by atoms with van der Waals surface area (Å²) < 4.78 is 0. The molecule has 1 saturated heterocycles. The molecule has 0 aromatic rings. The third-order valence-corrected chi connectivity index (χ3v) is 4.05. The Kier molecular flexibility index (Phi) is 8.07. The zero-order valence-corrected chi connectivity index (χ0v) is 13.0. The lowest BCUT2D eigenvalue weighted by molar-refractivity contribution is -0.125. The quantitative estimate of drug-likeness (QED) is 0.679. The van der Waals surface area contributed by atoms with E-state index in [1.807, 2.05) is 0 Å². The maximum Gasteiger partial charge on any atom is 0.223 e.